The number of thioether (sulfide) groups is 1. The summed E-state index contributed by atoms with van der Waals surface area (Å²) in [5.74, 6) is 0.690. The maximum Gasteiger partial charge on any atom is 0.165 e. The van der Waals surface area contributed by atoms with Crippen LogP contribution in [0.4, 0.5) is 0 Å². The molecule has 0 aliphatic heterocycles. The van der Waals surface area contributed by atoms with Crippen LogP contribution in [0.3, 0.4) is 0 Å². The molecule has 0 radical (unpaired) electrons. The molecule has 0 aromatic carbocycles. The van der Waals surface area contributed by atoms with E-state index < -0.39 is 0 Å². The number of H-pyrrole nitrogens is 1. The summed E-state index contributed by atoms with van der Waals surface area (Å²) in [5.41, 5.74) is 5.71. The van der Waals surface area contributed by atoms with E-state index >= 15 is 0 Å². The third-order valence-corrected chi connectivity index (χ3v) is 4.00. The zero-order valence-electron chi connectivity index (χ0n) is 7.57. The molecule has 72 valence electrons. The van der Waals surface area contributed by atoms with E-state index in [4.69, 9.17) is 5.73 Å². The second kappa shape index (κ2) is 4.15. The Morgan fingerprint density at radius 3 is 3.23 bits per heavy atom. The first-order valence-corrected chi connectivity index (χ1v) is 5.64. The summed E-state index contributed by atoms with van der Waals surface area (Å²) in [4.78, 5) is 7.33. The number of aromatic nitrogens is 2. The fourth-order valence-electron chi connectivity index (χ4n) is 1.89. The molecule has 1 fully saturated rings. The largest absolute Gasteiger partial charge is 0.340 e. The molecule has 3 N–H and O–H groups in total. The number of nitrogens with zero attached hydrogens (tertiary/aromatic N) is 1. The second-order valence-electron chi connectivity index (χ2n) is 3.48. The zero-order chi connectivity index (χ0) is 9.10. The molecule has 2 unspecified atom stereocenters. The van der Waals surface area contributed by atoms with Crippen LogP contribution in [-0.4, -0.2) is 21.8 Å². The Balaban J connectivity index is 1.94. The summed E-state index contributed by atoms with van der Waals surface area (Å²) in [6, 6.07) is 0. The summed E-state index contributed by atoms with van der Waals surface area (Å²) >= 11 is 1.84. The van der Waals surface area contributed by atoms with Crippen LogP contribution in [-0.2, 0) is 0 Å². The normalized spacial score (nSPS) is 28.1. The van der Waals surface area contributed by atoms with Crippen molar-refractivity contribution in [2.75, 3.05) is 6.54 Å². The van der Waals surface area contributed by atoms with Crippen molar-refractivity contribution < 1.29 is 0 Å². The predicted molar refractivity (Wildman–Crippen MR) is 54.6 cm³/mol. The van der Waals surface area contributed by atoms with Gasteiger partial charge in [-0.3, -0.25) is 0 Å². The Hall–Kier alpha value is -0.480. The average Bonchev–Trinajstić information content (AvgIpc) is 2.76. The Kier molecular flexibility index (Phi) is 2.90. The topological polar surface area (TPSA) is 54.7 Å². The summed E-state index contributed by atoms with van der Waals surface area (Å²) in [6.07, 6.45) is 7.56. The Labute approximate surface area is 82.5 Å². The highest BCUT2D eigenvalue weighted by molar-refractivity contribution is 7.99. The van der Waals surface area contributed by atoms with Gasteiger partial charge < -0.3 is 10.7 Å². The monoisotopic (exact) mass is 197 g/mol. The number of nitrogens with one attached hydrogen (secondary N) is 1. The second-order valence-corrected chi connectivity index (χ2v) is 4.71. The van der Waals surface area contributed by atoms with Crippen LogP contribution in [0.1, 0.15) is 19.3 Å². The number of hydrogen-bond donors (Lipinski definition) is 2. The van der Waals surface area contributed by atoms with Gasteiger partial charge in [0.1, 0.15) is 0 Å². The van der Waals surface area contributed by atoms with Crippen LogP contribution in [0.2, 0.25) is 0 Å². The summed E-state index contributed by atoms with van der Waals surface area (Å²) in [7, 11) is 0. The van der Waals surface area contributed by atoms with Crippen LogP contribution in [0.25, 0.3) is 0 Å². The molecule has 0 saturated heterocycles. The van der Waals surface area contributed by atoms with Crippen molar-refractivity contribution in [1.82, 2.24) is 9.97 Å². The number of aromatic amines is 1. The van der Waals surface area contributed by atoms with E-state index in [1.165, 1.54) is 19.3 Å². The van der Waals surface area contributed by atoms with Gasteiger partial charge in [0.05, 0.1) is 0 Å². The summed E-state index contributed by atoms with van der Waals surface area (Å²) in [5, 5.41) is 1.71. The maximum atomic E-state index is 5.71. The average molecular weight is 197 g/mol. The van der Waals surface area contributed by atoms with Gasteiger partial charge in [-0.1, -0.05) is 18.2 Å². The van der Waals surface area contributed by atoms with Crippen LogP contribution in [0.15, 0.2) is 17.6 Å². The maximum absolute atomic E-state index is 5.71. The molecule has 13 heavy (non-hydrogen) atoms. The quantitative estimate of drug-likeness (QED) is 0.774. The molecular weight excluding hydrogens is 182 g/mol. The van der Waals surface area contributed by atoms with Gasteiger partial charge in [0.25, 0.3) is 0 Å². The van der Waals surface area contributed by atoms with Gasteiger partial charge in [0.15, 0.2) is 5.16 Å². The van der Waals surface area contributed by atoms with Crippen molar-refractivity contribution in [2.24, 2.45) is 11.7 Å². The minimum atomic E-state index is 0.677. The van der Waals surface area contributed by atoms with Gasteiger partial charge in [-0.15, -0.1) is 0 Å². The fourth-order valence-corrected chi connectivity index (χ4v) is 3.15. The van der Waals surface area contributed by atoms with Gasteiger partial charge in [-0.25, -0.2) is 4.98 Å². The van der Waals surface area contributed by atoms with Crippen molar-refractivity contribution in [3.8, 4) is 0 Å². The van der Waals surface area contributed by atoms with Gasteiger partial charge in [0.2, 0.25) is 0 Å². The van der Waals surface area contributed by atoms with Gasteiger partial charge in [0, 0.05) is 17.6 Å². The Bertz CT molecular complexity index is 247. The highest BCUT2D eigenvalue weighted by Crippen LogP contribution is 2.36. The van der Waals surface area contributed by atoms with E-state index in [1.54, 1.807) is 6.20 Å². The van der Waals surface area contributed by atoms with Crippen molar-refractivity contribution in [3.05, 3.63) is 12.4 Å². The number of hydrogen-bond acceptors (Lipinski definition) is 3. The Morgan fingerprint density at radius 2 is 2.54 bits per heavy atom. The first kappa shape index (κ1) is 9.09. The molecule has 1 aliphatic rings. The van der Waals surface area contributed by atoms with Crippen molar-refractivity contribution in [2.45, 2.75) is 29.7 Å². The van der Waals surface area contributed by atoms with E-state index in [0.29, 0.717) is 11.2 Å². The summed E-state index contributed by atoms with van der Waals surface area (Å²) < 4.78 is 0. The molecular formula is C9H15N3S. The van der Waals surface area contributed by atoms with E-state index in [0.717, 1.165) is 11.7 Å². The zero-order valence-corrected chi connectivity index (χ0v) is 8.39. The van der Waals surface area contributed by atoms with E-state index in [-0.39, 0.29) is 0 Å². The lowest BCUT2D eigenvalue weighted by atomic mass is 10.1. The molecule has 3 nitrogen and oxygen atoms in total. The van der Waals surface area contributed by atoms with Crippen LogP contribution in [0, 0.1) is 5.92 Å². The molecule has 2 rings (SSSR count). The minimum absolute atomic E-state index is 0.677. The number of rotatable bonds is 3. The highest BCUT2D eigenvalue weighted by Gasteiger charge is 2.27. The molecule has 1 aliphatic carbocycles. The number of imidazole rings is 1. The van der Waals surface area contributed by atoms with E-state index in [1.807, 2.05) is 18.0 Å². The molecule has 1 aromatic rings. The van der Waals surface area contributed by atoms with Crippen molar-refractivity contribution >= 4 is 11.8 Å². The molecule has 4 heteroatoms. The standard InChI is InChI=1S/C9H15N3S/c10-6-7-2-1-3-8(7)13-9-11-4-5-12-9/h4-5,7-8H,1-3,6,10H2,(H,11,12). The molecule has 2 atom stereocenters. The van der Waals surface area contributed by atoms with Gasteiger partial charge >= 0.3 is 0 Å². The highest BCUT2D eigenvalue weighted by atomic mass is 32.2. The Morgan fingerprint density at radius 1 is 1.62 bits per heavy atom. The molecule has 1 heterocycles. The smallest absolute Gasteiger partial charge is 0.165 e. The SMILES string of the molecule is NCC1CCCC1Sc1ncc[nH]1. The number of nitrogens with two attached hydrogens (primary N) is 1. The lowest BCUT2D eigenvalue weighted by molar-refractivity contribution is 0.572. The molecule has 0 bridgehead atoms. The first-order chi connectivity index (χ1) is 6.40. The third kappa shape index (κ3) is 2.06. The van der Waals surface area contributed by atoms with Crippen LogP contribution in [0.5, 0.6) is 0 Å². The fraction of sp³-hybridized carbons (Fsp3) is 0.667. The lowest BCUT2D eigenvalue weighted by Gasteiger charge is -2.15. The first-order valence-electron chi connectivity index (χ1n) is 4.76. The predicted octanol–water partition coefficient (Wildman–Crippen LogP) is 1.63. The van der Waals surface area contributed by atoms with E-state index in [2.05, 4.69) is 9.97 Å². The van der Waals surface area contributed by atoms with Crippen LogP contribution < -0.4 is 5.73 Å². The summed E-state index contributed by atoms with van der Waals surface area (Å²) in [6.45, 7) is 0.818. The van der Waals surface area contributed by atoms with Gasteiger partial charge in [-0.2, -0.15) is 0 Å². The molecule has 1 aromatic heterocycles. The van der Waals surface area contributed by atoms with Crippen LogP contribution >= 0.6 is 11.8 Å². The lowest BCUT2D eigenvalue weighted by Crippen LogP contribution is -2.20. The van der Waals surface area contributed by atoms with Gasteiger partial charge in [-0.05, 0) is 25.3 Å². The van der Waals surface area contributed by atoms with Crippen molar-refractivity contribution in [3.63, 3.8) is 0 Å². The molecule has 0 spiro atoms. The van der Waals surface area contributed by atoms with E-state index in [9.17, 15) is 0 Å². The molecule has 1 saturated carbocycles. The molecule has 0 amide bonds. The van der Waals surface area contributed by atoms with Crippen molar-refractivity contribution in [1.29, 1.82) is 0 Å². The third-order valence-electron chi connectivity index (χ3n) is 2.63. The minimum Gasteiger partial charge on any atom is -0.340 e.